The summed E-state index contributed by atoms with van der Waals surface area (Å²) in [4.78, 5) is 42.1. The zero-order valence-corrected chi connectivity index (χ0v) is 9.85. The maximum atomic E-state index is 11.5. The maximum absolute atomic E-state index is 11.5. The predicted molar refractivity (Wildman–Crippen MR) is 59.8 cm³/mol. The van der Waals surface area contributed by atoms with Gasteiger partial charge in [-0.3, -0.25) is 4.79 Å². The molecular weight excluding hydrogens is 240 g/mol. The van der Waals surface area contributed by atoms with E-state index in [9.17, 15) is 14.4 Å². The van der Waals surface area contributed by atoms with E-state index >= 15 is 0 Å². The number of esters is 1. The molecule has 1 heterocycles. The Morgan fingerprint density at radius 1 is 1.33 bits per heavy atom. The summed E-state index contributed by atoms with van der Waals surface area (Å²) >= 11 is 0. The minimum atomic E-state index is -0.964. The van der Waals surface area contributed by atoms with Gasteiger partial charge in [-0.1, -0.05) is 13.2 Å². The van der Waals surface area contributed by atoms with Crippen molar-refractivity contribution in [1.82, 2.24) is 0 Å². The van der Waals surface area contributed by atoms with Crippen LogP contribution in [0.25, 0.3) is 0 Å². The molecule has 1 aliphatic heterocycles. The summed E-state index contributed by atoms with van der Waals surface area (Å²) in [6, 6.07) is 0. The van der Waals surface area contributed by atoms with E-state index in [-0.39, 0.29) is 5.57 Å². The van der Waals surface area contributed by atoms with E-state index in [1.807, 2.05) is 0 Å². The average Bonchev–Trinajstić information content (AvgIpc) is 2.59. The van der Waals surface area contributed by atoms with E-state index in [1.54, 1.807) is 0 Å². The molecule has 0 saturated carbocycles. The van der Waals surface area contributed by atoms with Crippen LogP contribution in [0.15, 0.2) is 24.8 Å². The highest BCUT2D eigenvalue weighted by Gasteiger charge is 2.30. The van der Waals surface area contributed by atoms with Gasteiger partial charge in [-0.05, 0) is 19.3 Å². The van der Waals surface area contributed by atoms with E-state index < -0.39 is 23.8 Å². The molecule has 1 fully saturated rings. The lowest BCUT2D eigenvalue weighted by Crippen LogP contribution is -2.23. The Hall–Kier alpha value is -2.11. The predicted octanol–water partition coefficient (Wildman–Crippen LogP) is 1.07. The highest BCUT2D eigenvalue weighted by molar-refractivity contribution is 5.95. The van der Waals surface area contributed by atoms with E-state index in [0.717, 1.165) is 18.9 Å². The first kappa shape index (κ1) is 14.0. The molecule has 6 heteroatoms. The molecule has 1 atom stereocenters. The van der Waals surface area contributed by atoms with Gasteiger partial charge in [0.1, 0.15) is 0 Å². The fraction of sp³-hybridized carbons (Fsp3) is 0.417. The van der Waals surface area contributed by atoms with Crippen molar-refractivity contribution in [2.24, 2.45) is 5.92 Å². The third-order valence-electron chi connectivity index (χ3n) is 2.46. The van der Waals surface area contributed by atoms with E-state index in [4.69, 9.17) is 4.74 Å². The molecule has 0 aromatic rings. The van der Waals surface area contributed by atoms with Crippen molar-refractivity contribution in [2.45, 2.75) is 19.3 Å². The first-order chi connectivity index (χ1) is 8.56. The Balaban J connectivity index is 2.56. The van der Waals surface area contributed by atoms with Gasteiger partial charge in [-0.15, -0.1) is 0 Å². The van der Waals surface area contributed by atoms with Crippen LogP contribution in [-0.4, -0.2) is 24.5 Å². The lowest BCUT2D eigenvalue weighted by atomic mass is 9.95. The number of carbonyl (C=O) groups is 3. The fourth-order valence-electron chi connectivity index (χ4n) is 1.47. The number of hydrogen-bond donors (Lipinski definition) is 0. The van der Waals surface area contributed by atoms with Gasteiger partial charge < -0.3 is 4.74 Å². The number of rotatable bonds is 3. The van der Waals surface area contributed by atoms with Gasteiger partial charge in [-0.25, -0.2) is 19.4 Å². The van der Waals surface area contributed by atoms with Crippen molar-refractivity contribution in [3.05, 3.63) is 24.8 Å². The minimum Gasteiger partial charge on any atom is -0.465 e. The Kier molecular flexibility index (Phi) is 5.10. The molecule has 6 nitrogen and oxygen atoms in total. The monoisotopic (exact) mass is 254 g/mol. The summed E-state index contributed by atoms with van der Waals surface area (Å²) in [7, 11) is 0. The number of cyclic esters (lactones) is 1. The zero-order chi connectivity index (χ0) is 13.5. The average molecular weight is 254 g/mol. The second kappa shape index (κ2) is 6.58. The molecule has 18 heavy (non-hydrogen) atoms. The maximum Gasteiger partial charge on any atom is 0.382 e. The summed E-state index contributed by atoms with van der Waals surface area (Å²) in [5.74, 6) is -3.12. The fourth-order valence-corrected chi connectivity index (χ4v) is 1.47. The topological polar surface area (TPSA) is 78.9 Å². The molecule has 98 valence electrons. The molecule has 0 spiro atoms. The van der Waals surface area contributed by atoms with Crippen molar-refractivity contribution in [1.29, 1.82) is 0 Å². The van der Waals surface area contributed by atoms with Crippen molar-refractivity contribution >= 4 is 17.9 Å². The Bertz CT molecular complexity index is 384. The molecule has 0 aliphatic carbocycles. The van der Waals surface area contributed by atoms with Gasteiger partial charge in [0.2, 0.25) is 0 Å². The van der Waals surface area contributed by atoms with Crippen LogP contribution in [0.4, 0.5) is 0 Å². The molecule has 0 N–H and O–H groups in total. The molecule has 0 radical (unpaired) electrons. The molecule has 1 saturated heterocycles. The molecule has 0 bridgehead atoms. The van der Waals surface area contributed by atoms with Gasteiger partial charge in [0.15, 0.2) is 0 Å². The summed E-state index contributed by atoms with van der Waals surface area (Å²) in [6.07, 6.45) is 2.79. The normalized spacial score (nSPS) is 19.1. The third-order valence-corrected chi connectivity index (χ3v) is 2.46. The van der Waals surface area contributed by atoms with E-state index in [2.05, 4.69) is 22.9 Å². The number of ether oxygens (including phenoxy) is 1. The van der Waals surface area contributed by atoms with Crippen molar-refractivity contribution < 1.29 is 28.9 Å². The molecule has 1 unspecified atom stereocenters. The summed E-state index contributed by atoms with van der Waals surface area (Å²) in [5, 5.41) is 0. The molecule has 0 amide bonds. The van der Waals surface area contributed by atoms with Gasteiger partial charge in [0.05, 0.1) is 12.5 Å². The van der Waals surface area contributed by atoms with Crippen LogP contribution in [0.2, 0.25) is 0 Å². The minimum absolute atomic E-state index is 0.0845. The van der Waals surface area contributed by atoms with Crippen LogP contribution in [0.1, 0.15) is 19.3 Å². The van der Waals surface area contributed by atoms with Gasteiger partial charge in [0, 0.05) is 11.6 Å². The van der Waals surface area contributed by atoms with Crippen LogP contribution in [0.5, 0.6) is 0 Å². The summed E-state index contributed by atoms with van der Waals surface area (Å²) in [6.45, 7) is 6.95. The van der Waals surface area contributed by atoms with E-state index in [0.29, 0.717) is 13.0 Å². The Morgan fingerprint density at radius 3 is 2.72 bits per heavy atom. The largest absolute Gasteiger partial charge is 0.465 e. The summed E-state index contributed by atoms with van der Waals surface area (Å²) < 4.78 is 4.90. The lowest BCUT2D eigenvalue weighted by molar-refractivity contribution is -0.251. The zero-order valence-electron chi connectivity index (χ0n) is 9.85. The standard InChI is InChI=1S/C12H14O6/c1-3-10(13)17-18-11(14)8(2)9-6-4-5-7-16-12(9)15/h3,9H,1-2,4-7H2. The van der Waals surface area contributed by atoms with Gasteiger partial charge in [0.25, 0.3) is 0 Å². The number of hydrogen-bond acceptors (Lipinski definition) is 6. The Morgan fingerprint density at radius 2 is 2.06 bits per heavy atom. The van der Waals surface area contributed by atoms with Crippen molar-refractivity contribution in [2.75, 3.05) is 6.61 Å². The van der Waals surface area contributed by atoms with Crippen molar-refractivity contribution in [3.8, 4) is 0 Å². The van der Waals surface area contributed by atoms with Crippen LogP contribution in [-0.2, 0) is 28.9 Å². The number of carbonyl (C=O) groups excluding carboxylic acids is 3. The second-order valence-electron chi connectivity index (χ2n) is 3.72. The second-order valence-corrected chi connectivity index (χ2v) is 3.72. The lowest BCUT2D eigenvalue weighted by Gasteiger charge is -2.12. The van der Waals surface area contributed by atoms with Crippen LogP contribution < -0.4 is 0 Å². The highest BCUT2D eigenvalue weighted by Crippen LogP contribution is 2.22. The van der Waals surface area contributed by atoms with Crippen LogP contribution >= 0.6 is 0 Å². The van der Waals surface area contributed by atoms with Gasteiger partial charge in [-0.2, -0.15) is 0 Å². The highest BCUT2D eigenvalue weighted by atomic mass is 17.2. The molecule has 0 aromatic heterocycles. The SMILES string of the molecule is C=CC(=O)OOC(=O)C(=C)C1CCCCOC1=O. The van der Waals surface area contributed by atoms with Gasteiger partial charge >= 0.3 is 17.9 Å². The molecule has 0 aromatic carbocycles. The van der Waals surface area contributed by atoms with Crippen LogP contribution in [0.3, 0.4) is 0 Å². The smallest absolute Gasteiger partial charge is 0.382 e. The first-order valence-corrected chi connectivity index (χ1v) is 5.47. The summed E-state index contributed by atoms with van der Waals surface area (Å²) in [5.41, 5.74) is -0.0845. The molecular formula is C12H14O6. The Labute approximate surface area is 104 Å². The third kappa shape index (κ3) is 3.73. The molecule has 1 rings (SSSR count). The quantitative estimate of drug-likeness (QED) is 0.324. The van der Waals surface area contributed by atoms with Crippen LogP contribution in [0, 0.1) is 5.92 Å². The van der Waals surface area contributed by atoms with Crippen molar-refractivity contribution in [3.63, 3.8) is 0 Å². The van der Waals surface area contributed by atoms with E-state index in [1.165, 1.54) is 0 Å². The first-order valence-electron chi connectivity index (χ1n) is 5.47. The molecule has 1 aliphatic rings.